The minimum absolute atomic E-state index is 0.250. The normalized spacial score (nSPS) is 10.4. The zero-order valence-electron chi connectivity index (χ0n) is 12.1. The van der Waals surface area contributed by atoms with Crippen LogP contribution in [-0.2, 0) is 6.61 Å². The molecule has 0 aliphatic rings. The summed E-state index contributed by atoms with van der Waals surface area (Å²) in [4.78, 5) is 4.26. The molecule has 0 aliphatic heterocycles. The first kappa shape index (κ1) is 13.8. The van der Waals surface area contributed by atoms with Gasteiger partial charge in [-0.1, -0.05) is 12.1 Å². The van der Waals surface area contributed by atoms with Crippen molar-refractivity contribution in [2.45, 2.75) is 20.5 Å². The summed E-state index contributed by atoms with van der Waals surface area (Å²) < 4.78 is 11.1. The van der Waals surface area contributed by atoms with Gasteiger partial charge < -0.3 is 9.15 Å². The van der Waals surface area contributed by atoms with Gasteiger partial charge in [-0.25, -0.2) is 4.98 Å². The van der Waals surface area contributed by atoms with E-state index in [1.54, 1.807) is 13.0 Å². The lowest BCUT2D eigenvalue weighted by molar-refractivity contribution is 0.299. The summed E-state index contributed by atoms with van der Waals surface area (Å²) >= 11 is 0. The average Bonchev–Trinajstić information content (AvgIpc) is 3.11. The van der Waals surface area contributed by atoms with Crippen LogP contribution in [0.1, 0.15) is 23.0 Å². The van der Waals surface area contributed by atoms with E-state index in [1.807, 2.05) is 31.2 Å². The second-order valence-corrected chi connectivity index (χ2v) is 4.68. The number of H-pyrrole nitrogens is 1. The molecule has 0 unspecified atom stereocenters. The molecule has 7 heteroatoms. The van der Waals surface area contributed by atoms with E-state index in [0.717, 1.165) is 17.0 Å². The Labute approximate surface area is 126 Å². The summed E-state index contributed by atoms with van der Waals surface area (Å²) in [5.41, 5.74) is 2.28. The molecule has 110 valence electrons. The maximum Gasteiger partial charge on any atom is 0.191 e. The standard InChI is InChI=1S/C15H13N5O2/c1-9-14(17-10(2)22-9)8-21-12-5-3-4-11(6-12)15-13(7-16)18-20-19-15/h3-6H,8H2,1-2H3,(H,18,19,20). The number of rotatable bonds is 4. The molecule has 3 rings (SSSR count). The fourth-order valence-electron chi connectivity index (χ4n) is 2.10. The molecule has 2 heterocycles. The summed E-state index contributed by atoms with van der Waals surface area (Å²) in [6.45, 7) is 3.96. The highest BCUT2D eigenvalue weighted by Gasteiger charge is 2.11. The van der Waals surface area contributed by atoms with Crippen molar-refractivity contribution in [3.05, 3.63) is 47.3 Å². The van der Waals surface area contributed by atoms with E-state index in [-0.39, 0.29) is 5.69 Å². The number of aromatic amines is 1. The molecule has 0 fully saturated rings. The van der Waals surface area contributed by atoms with E-state index >= 15 is 0 Å². The molecule has 1 aromatic carbocycles. The number of hydrogen-bond acceptors (Lipinski definition) is 6. The summed E-state index contributed by atoms with van der Waals surface area (Å²) in [5, 5.41) is 19.2. The van der Waals surface area contributed by atoms with Gasteiger partial charge in [0.05, 0.1) is 0 Å². The lowest BCUT2D eigenvalue weighted by Gasteiger charge is -2.06. The zero-order chi connectivity index (χ0) is 15.5. The largest absolute Gasteiger partial charge is 0.487 e. The SMILES string of the molecule is Cc1nc(COc2cccc(-c3n[nH]nc3C#N)c2)c(C)o1. The van der Waals surface area contributed by atoms with Crippen LogP contribution < -0.4 is 4.74 Å². The fraction of sp³-hybridized carbons (Fsp3) is 0.200. The van der Waals surface area contributed by atoms with Gasteiger partial charge in [0, 0.05) is 12.5 Å². The summed E-state index contributed by atoms with van der Waals surface area (Å²) in [6.07, 6.45) is 0. The molecular weight excluding hydrogens is 282 g/mol. The monoisotopic (exact) mass is 295 g/mol. The molecule has 0 aliphatic carbocycles. The number of aryl methyl sites for hydroxylation is 2. The van der Waals surface area contributed by atoms with Gasteiger partial charge in [0.25, 0.3) is 0 Å². The second kappa shape index (κ2) is 5.69. The molecule has 0 saturated carbocycles. The predicted octanol–water partition coefficient (Wildman–Crippen LogP) is 2.53. The van der Waals surface area contributed by atoms with Gasteiger partial charge >= 0.3 is 0 Å². The topological polar surface area (TPSA) is 101 Å². The van der Waals surface area contributed by atoms with E-state index in [2.05, 4.69) is 20.4 Å². The Kier molecular flexibility index (Phi) is 3.58. The van der Waals surface area contributed by atoms with E-state index in [9.17, 15) is 0 Å². The molecule has 0 saturated heterocycles. The molecule has 22 heavy (non-hydrogen) atoms. The fourth-order valence-corrected chi connectivity index (χ4v) is 2.10. The maximum atomic E-state index is 9.00. The first-order chi connectivity index (χ1) is 10.7. The van der Waals surface area contributed by atoms with Crippen molar-refractivity contribution in [3.8, 4) is 23.1 Å². The first-order valence-electron chi connectivity index (χ1n) is 6.64. The highest BCUT2D eigenvalue weighted by Crippen LogP contribution is 2.24. The number of benzene rings is 1. The zero-order valence-corrected chi connectivity index (χ0v) is 12.1. The van der Waals surface area contributed by atoms with Crippen LogP contribution >= 0.6 is 0 Å². The van der Waals surface area contributed by atoms with E-state index in [4.69, 9.17) is 14.4 Å². The minimum atomic E-state index is 0.250. The van der Waals surface area contributed by atoms with Gasteiger partial charge in [-0.05, 0) is 19.1 Å². The van der Waals surface area contributed by atoms with Crippen LogP contribution in [0, 0.1) is 25.2 Å². The van der Waals surface area contributed by atoms with E-state index in [0.29, 0.717) is 23.9 Å². The van der Waals surface area contributed by atoms with Crippen molar-refractivity contribution in [1.82, 2.24) is 20.4 Å². The van der Waals surface area contributed by atoms with Gasteiger partial charge in [0.1, 0.15) is 35.6 Å². The van der Waals surface area contributed by atoms with Gasteiger partial charge in [0.2, 0.25) is 0 Å². The minimum Gasteiger partial charge on any atom is -0.487 e. The Morgan fingerprint density at radius 3 is 2.91 bits per heavy atom. The lowest BCUT2D eigenvalue weighted by atomic mass is 10.1. The summed E-state index contributed by atoms with van der Waals surface area (Å²) in [6, 6.07) is 9.31. The molecule has 7 nitrogen and oxygen atoms in total. The van der Waals surface area contributed by atoms with E-state index in [1.165, 1.54) is 0 Å². The van der Waals surface area contributed by atoms with Crippen LogP contribution in [0.5, 0.6) is 5.75 Å². The van der Waals surface area contributed by atoms with Crippen LogP contribution in [0.3, 0.4) is 0 Å². The quantitative estimate of drug-likeness (QED) is 0.793. The van der Waals surface area contributed by atoms with Crippen LogP contribution in [0.4, 0.5) is 0 Å². The predicted molar refractivity (Wildman–Crippen MR) is 76.8 cm³/mol. The highest BCUT2D eigenvalue weighted by molar-refractivity contribution is 5.65. The number of nitrogens with one attached hydrogen (secondary N) is 1. The molecule has 0 amide bonds. The maximum absolute atomic E-state index is 9.00. The number of nitrogens with zero attached hydrogens (tertiary/aromatic N) is 4. The van der Waals surface area contributed by atoms with Gasteiger partial charge in [-0.15, -0.1) is 5.10 Å². The van der Waals surface area contributed by atoms with Crippen molar-refractivity contribution in [1.29, 1.82) is 5.26 Å². The number of ether oxygens (including phenoxy) is 1. The molecule has 0 radical (unpaired) electrons. The smallest absolute Gasteiger partial charge is 0.191 e. The summed E-state index contributed by atoms with van der Waals surface area (Å²) in [5.74, 6) is 2.02. The van der Waals surface area contributed by atoms with Crippen LogP contribution in [0.2, 0.25) is 0 Å². The van der Waals surface area contributed by atoms with Crippen molar-refractivity contribution >= 4 is 0 Å². The van der Waals surface area contributed by atoms with Crippen molar-refractivity contribution in [2.75, 3.05) is 0 Å². The van der Waals surface area contributed by atoms with Crippen LogP contribution in [-0.4, -0.2) is 20.4 Å². The second-order valence-electron chi connectivity index (χ2n) is 4.68. The van der Waals surface area contributed by atoms with Crippen LogP contribution in [0.15, 0.2) is 28.7 Å². The Bertz CT molecular complexity index is 844. The third-order valence-electron chi connectivity index (χ3n) is 3.14. The van der Waals surface area contributed by atoms with Gasteiger partial charge in [0.15, 0.2) is 11.6 Å². The number of hydrogen-bond donors (Lipinski definition) is 1. The highest BCUT2D eigenvalue weighted by atomic mass is 16.5. The molecule has 1 N–H and O–H groups in total. The van der Waals surface area contributed by atoms with Gasteiger partial charge in [-0.3, -0.25) is 0 Å². The molecule has 0 bridgehead atoms. The molecule has 3 aromatic rings. The van der Waals surface area contributed by atoms with Crippen molar-refractivity contribution < 1.29 is 9.15 Å². The Hall–Kier alpha value is -3.14. The van der Waals surface area contributed by atoms with Crippen molar-refractivity contribution in [3.63, 3.8) is 0 Å². The van der Waals surface area contributed by atoms with Gasteiger partial charge in [-0.2, -0.15) is 15.6 Å². The first-order valence-corrected chi connectivity index (χ1v) is 6.64. The molecule has 0 spiro atoms. The third-order valence-corrected chi connectivity index (χ3v) is 3.14. The average molecular weight is 295 g/mol. The number of aromatic nitrogens is 4. The lowest BCUT2D eigenvalue weighted by Crippen LogP contribution is -1.98. The number of oxazole rings is 1. The molecular formula is C15H13N5O2. The summed E-state index contributed by atoms with van der Waals surface area (Å²) in [7, 11) is 0. The van der Waals surface area contributed by atoms with Crippen LogP contribution in [0.25, 0.3) is 11.3 Å². The Morgan fingerprint density at radius 1 is 1.32 bits per heavy atom. The number of nitriles is 1. The molecule has 2 aromatic heterocycles. The molecule has 0 atom stereocenters. The van der Waals surface area contributed by atoms with E-state index < -0.39 is 0 Å². The Balaban J connectivity index is 1.80. The third kappa shape index (κ3) is 2.67. The van der Waals surface area contributed by atoms with Crippen molar-refractivity contribution in [2.24, 2.45) is 0 Å². The Morgan fingerprint density at radius 2 is 2.18 bits per heavy atom.